The molecule has 0 radical (unpaired) electrons. The molecule has 0 unspecified atom stereocenters. The van der Waals surface area contributed by atoms with Gasteiger partial charge in [-0.25, -0.2) is 4.98 Å². The summed E-state index contributed by atoms with van der Waals surface area (Å²) in [4.78, 5) is 13.7. The van der Waals surface area contributed by atoms with Gasteiger partial charge < -0.3 is 9.42 Å². The van der Waals surface area contributed by atoms with E-state index >= 15 is 0 Å². The summed E-state index contributed by atoms with van der Waals surface area (Å²) in [5.41, 5.74) is -0.0784. The highest BCUT2D eigenvalue weighted by molar-refractivity contribution is 7.13. The topological polar surface area (TPSA) is 58.3 Å². The van der Waals surface area contributed by atoms with E-state index in [2.05, 4.69) is 52.6 Å². The van der Waals surface area contributed by atoms with Gasteiger partial charge in [0.2, 0.25) is 5.89 Å². The molecule has 0 aromatic carbocycles. The Morgan fingerprint density at radius 2 is 1.95 bits per heavy atom. The number of hydrogen-bond acceptors (Lipinski definition) is 7. The second-order valence-corrected chi connectivity index (χ2v) is 7.59. The van der Waals surface area contributed by atoms with E-state index in [1.54, 1.807) is 11.3 Å². The van der Waals surface area contributed by atoms with Crippen molar-refractivity contribution in [3.8, 4) is 0 Å². The monoisotopic (exact) mass is 321 g/mol. The predicted molar refractivity (Wildman–Crippen MR) is 87.3 cm³/mol. The molecular formula is C15H23N5OS. The van der Waals surface area contributed by atoms with Crippen molar-refractivity contribution in [2.75, 3.05) is 31.1 Å². The van der Waals surface area contributed by atoms with Crippen LogP contribution in [-0.4, -0.2) is 46.2 Å². The van der Waals surface area contributed by atoms with Crippen molar-refractivity contribution in [3.63, 3.8) is 0 Å². The van der Waals surface area contributed by atoms with E-state index in [1.807, 2.05) is 11.6 Å². The maximum absolute atomic E-state index is 5.48. The van der Waals surface area contributed by atoms with Crippen molar-refractivity contribution < 1.29 is 4.52 Å². The minimum atomic E-state index is -0.0784. The predicted octanol–water partition coefficient (Wildman–Crippen LogP) is 2.71. The fourth-order valence-electron chi connectivity index (χ4n) is 2.54. The summed E-state index contributed by atoms with van der Waals surface area (Å²) in [7, 11) is 0. The minimum absolute atomic E-state index is 0.0784. The molecule has 0 spiro atoms. The van der Waals surface area contributed by atoms with Crippen LogP contribution >= 0.6 is 11.3 Å². The Bertz CT molecular complexity index is 596. The summed E-state index contributed by atoms with van der Waals surface area (Å²) >= 11 is 1.70. The quantitative estimate of drug-likeness (QED) is 0.866. The lowest BCUT2D eigenvalue weighted by Crippen LogP contribution is -2.47. The largest absolute Gasteiger partial charge is 0.346 e. The Morgan fingerprint density at radius 1 is 1.23 bits per heavy atom. The molecule has 0 saturated carbocycles. The molecule has 1 aliphatic heterocycles. The molecule has 1 fully saturated rings. The number of thiazole rings is 1. The van der Waals surface area contributed by atoms with E-state index in [-0.39, 0.29) is 11.5 Å². The van der Waals surface area contributed by atoms with Crippen LogP contribution in [0.5, 0.6) is 0 Å². The molecule has 3 rings (SSSR count). The molecule has 1 aliphatic rings. The summed E-state index contributed by atoms with van der Waals surface area (Å²) in [5, 5.41) is 7.26. The number of piperazine rings is 1. The third-order valence-electron chi connectivity index (χ3n) is 4.02. The molecule has 22 heavy (non-hydrogen) atoms. The van der Waals surface area contributed by atoms with Crippen LogP contribution in [0.3, 0.4) is 0 Å². The molecule has 1 atom stereocenters. The van der Waals surface area contributed by atoms with Gasteiger partial charge in [-0.2, -0.15) is 4.98 Å². The van der Waals surface area contributed by atoms with Crippen molar-refractivity contribution in [2.45, 2.75) is 39.2 Å². The Hall–Kier alpha value is -1.47. The van der Waals surface area contributed by atoms with Gasteiger partial charge in [-0.15, -0.1) is 11.3 Å². The third kappa shape index (κ3) is 3.15. The lowest BCUT2D eigenvalue weighted by Gasteiger charge is -2.36. The van der Waals surface area contributed by atoms with Crippen molar-refractivity contribution >= 4 is 16.5 Å². The summed E-state index contributed by atoms with van der Waals surface area (Å²) in [5.74, 6) is 1.49. The van der Waals surface area contributed by atoms with Crippen LogP contribution in [0.2, 0.25) is 0 Å². The zero-order valence-electron chi connectivity index (χ0n) is 13.6. The number of anilines is 1. The number of nitrogens with zero attached hydrogens (tertiary/aromatic N) is 5. The first-order valence-corrected chi connectivity index (χ1v) is 8.55. The smallest absolute Gasteiger partial charge is 0.243 e. The second kappa shape index (κ2) is 5.96. The molecular weight excluding hydrogens is 298 g/mol. The van der Waals surface area contributed by atoms with Crippen LogP contribution in [0.4, 0.5) is 5.13 Å². The van der Waals surface area contributed by atoms with Crippen LogP contribution in [0.15, 0.2) is 16.1 Å². The van der Waals surface area contributed by atoms with E-state index in [0.29, 0.717) is 5.89 Å². The highest BCUT2D eigenvalue weighted by Crippen LogP contribution is 2.26. The SMILES string of the molecule is C[C@H](c1nc(C(C)(C)C)no1)N1CCN(c2nccs2)CC1. The first kappa shape index (κ1) is 15.4. The first-order valence-electron chi connectivity index (χ1n) is 7.68. The molecule has 0 N–H and O–H groups in total. The number of rotatable bonds is 3. The van der Waals surface area contributed by atoms with Gasteiger partial charge in [0.1, 0.15) is 0 Å². The van der Waals surface area contributed by atoms with Crippen molar-refractivity contribution in [1.82, 2.24) is 20.0 Å². The molecule has 3 heterocycles. The highest BCUT2D eigenvalue weighted by atomic mass is 32.1. The molecule has 0 bridgehead atoms. The molecule has 0 amide bonds. The first-order chi connectivity index (χ1) is 10.4. The van der Waals surface area contributed by atoms with Crippen LogP contribution in [0.25, 0.3) is 0 Å². The zero-order valence-corrected chi connectivity index (χ0v) is 14.4. The average Bonchev–Trinajstić information content (AvgIpc) is 3.17. The van der Waals surface area contributed by atoms with E-state index in [4.69, 9.17) is 4.52 Å². The van der Waals surface area contributed by atoms with Gasteiger partial charge in [-0.1, -0.05) is 25.9 Å². The summed E-state index contributed by atoms with van der Waals surface area (Å²) in [6, 6.07) is 0.155. The molecule has 120 valence electrons. The van der Waals surface area contributed by atoms with Crippen molar-refractivity contribution in [1.29, 1.82) is 0 Å². The summed E-state index contributed by atoms with van der Waals surface area (Å²) < 4.78 is 5.48. The molecule has 0 aliphatic carbocycles. The average molecular weight is 321 g/mol. The van der Waals surface area contributed by atoms with E-state index < -0.39 is 0 Å². The maximum Gasteiger partial charge on any atom is 0.243 e. The van der Waals surface area contributed by atoms with Gasteiger partial charge in [0.05, 0.1) is 6.04 Å². The lowest BCUT2D eigenvalue weighted by molar-refractivity contribution is 0.164. The molecule has 2 aromatic rings. The van der Waals surface area contributed by atoms with E-state index in [0.717, 1.165) is 37.1 Å². The van der Waals surface area contributed by atoms with Crippen molar-refractivity contribution in [2.24, 2.45) is 0 Å². The fraction of sp³-hybridized carbons (Fsp3) is 0.667. The Morgan fingerprint density at radius 3 is 2.50 bits per heavy atom. The molecule has 6 nitrogen and oxygen atoms in total. The van der Waals surface area contributed by atoms with Crippen LogP contribution < -0.4 is 4.90 Å². The van der Waals surface area contributed by atoms with Crippen LogP contribution in [0.1, 0.15) is 45.5 Å². The minimum Gasteiger partial charge on any atom is -0.346 e. The van der Waals surface area contributed by atoms with Gasteiger partial charge in [-0.3, -0.25) is 4.90 Å². The molecule has 1 saturated heterocycles. The second-order valence-electron chi connectivity index (χ2n) is 6.72. The maximum atomic E-state index is 5.48. The van der Waals surface area contributed by atoms with Crippen LogP contribution in [0, 0.1) is 0 Å². The van der Waals surface area contributed by atoms with Gasteiger partial charge in [0.25, 0.3) is 0 Å². The third-order valence-corrected chi connectivity index (χ3v) is 4.85. The van der Waals surface area contributed by atoms with E-state index in [1.165, 1.54) is 0 Å². The van der Waals surface area contributed by atoms with Gasteiger partial charge >= 0.3 is 0 Å². The molecule has 7 heteroatoms. The Kier molecular flexibility index (Phi) is 4.18. The summed E-state index contributed by atoms with van der Waals surface area (Å²) in [6.07, 6.45) is 1.86. The highest BCUT2D eigenvalue weighted by Gasteiger charge is 2.28. The van der Waals surface area contributed by atoms with Crippen molar-refractivity contribution in [3.05, 3.63) is 23.3 Å². The van der Waals surface area contributed by atoms with E-state index in [9.17, 15) is 0 Å². The molecule has 2 aromatic heterocycles. The standard InChI is InChI=1S/C15H23N5OS/c1-11(12-17-13(18-21-12)15(2,3)4)19-6-8-20(9-7-19)14-16-5-10-22-14/h5,10-11H,6-9H2,1-4H3/t11-/m1/s1. The lowest BCUT2D eigenvalue weighted by atomic mass is 9.96. The zero-order chi connectivity index (χ0) is 15.7. The van der Waals surface area contributed by atoms with Gasteiger partial charge in [0.15, 0.2) is 11.0 Å². The number of aromatic nitrogens is 3. The Labute approximate surface area is 135 Å². The number of hydrogen-bond donors (Lipinski definition) is 0. The summed E-state index contributed by atoms with van der Waals surface area (Å²) in [6.45, 7) is 12.4. The van der Waals surface area contributed by atoms with Gasteiger partial charge in [0, 0.05) is 43.2 Å². The normalized spacial score (nSPS) is 18.6. The Balaban J connectivity index is 1.62. The fourth-order valence-corrected chi connectivity index (χ4v) is 3.24. The van der Waals surface area contributed by atoms with Crippen LogP contribution in [-0.2, 0) is 5.41 Å². The van der Waals surface area contributed by atoms with Gasteiger partial charge in [-0.05, 0) is 6.92 Å².